The third kappa shape index (κ3) is 2.69. The minimum absolute atomic E-state index is 0.109. The standard InChI is InChI=1S/C15H15ClN4O2/c1-20-13(14(17)21)12(7-18-20)19-15(22)11-6-10(11)8-2-4-9(16)5-3-8/h2-5,7,10-11H,6H2,1H3,(H2,17,21)(H,19,22). The highest BCUT2D eigenvalue weighted by molar-refractivity contribution is 6.30. The molecule has 3 N–H and O–H groups in total. The van der Waals surface area contributed by atoms with Gasteiger partial charge in [0.2, 0.25) is 5.91 Å². The zero-order valence-electron chi connectivity index (χ0n) is 11.9. The molecule has 114 valence electrons. The van der Waals surface area contributed by atoms with Gasteiger partial charge in [0.05, 0.1) is 11.9 Å². The third-order valence-corrected chi connectivity index (χ3v) is 4.11. The number of nitrogens with zero attached hydrogens (tertiary/aromatic N) is 2. The third-order valence-electron chi connectivity index (χ3n) is 3.86. The smallest absolute Gasteiger partial charge is 0.269 e. The van der Waals surface area contributed by atoms with Crippen molar-refractivity contribution >= 4 is 29.1 Å². The molecule has 1 aliphatic rings. The second kappa shape index (κ2) is 5.46. The molecule has 2 atom stereocenters. The highest BCUT2D eigenvalue weighted by Crippen LogP contribution is 2.48. The molecule has 1 fully saturated rings. The van der Waals surface area contributed by atoms with Crippen LogP contribution in [0.25, 0.3) is 0 Å². The molecule has 6 nitrogen and oxygen atoms in total. The van der Waals surface area contributed by atoms with Crippen LogP contribution >= 0.6 is 11.6 Å². The number of nitrogens with one attached hydrogen (secondary N) is 1. The molecule has 0 bridgehead atoms. The first kappa shape index (κ1) is 14.6. The van der Waals surface area contributed by atoms with E-state index in [9.17, 15) is 9.59 Å². The quantitative estimate of drug-likeness (QED) is 0.902. The van der Waals surface area contributed by atoms with Crippen molar-refractivity contribution in [2.24, 2.45) is 18.7 Å². The fraction of sp³-hybridized carbons (Fsp3) is 0.267. The van der Waals surface area contributed by atoms with Gasteiger partial charge in [-0.2, -0.15) is 5.10 Å². The minimum atomic E-state index is -0.625. The molecule has 3 rings (SSSR count). The van der Waals surface area contributed by atoms with E-state index in [1.807, 2.05) is 24.3 Å². The molecule has 2 unspecified atom stereocenters. The number of amides is 2. The second-order valence-electron chi connectivity index (χ2n) is 5.38. The van der Waals surface area contributed by atoms with Crippen molar-refractivity contribution < 1.29 is 9.59 Å². The van der Waals surface area contributed by atoms with Crippen molar-refractivity contribution in [3.05, 3.63) is 46.7 Å². The first-order valence-corrected chi connectivity index (χ1v) is 7.23. The molecule has 1 aliphatic carbocycles. The van der Waals surface area contributed by atoms with E-state index < -0.39 is 5.91 Å². The zero-order valence-corrected chi connectivity index (χ0v) is 12.7. The van der Waals surface area contributed by atoms with Gasteiger partial charge in [0.15, 0.2) is 0 Å². The molecule has 1 saturated carbocycles. The van der Waals surface area contributed by atoms with Crippen LogP contribution in [0.15, 0.2) is 30.5 Å². The van der Waals surface area contributed by atoms with Gasteiger partial charge in [0.25, 0.3) is 5.91 Å². The van der Waals surface area contributed by atoms with Crippen LogP contribution in [-0.4, -0.2) is 21.6 Å². The average Bonchev–Trinajstić information content (AvgIpc) is 3.18. The zero-order chi connectivity index (χ0) is 15.9. The number of nitrogens with two attached hydrogens (primary N) is 1. The Kier molecular flexibility index (Phi) is 3.62. The van der Waals surface area contributed by atoms with E-state index in [2.05, 4.69) is 10.4 Å². The highest BCUT2D eigenvalue weighted by Gasteiger charge is 2.44. The molecule has 0 aliphatic heterocycles. The molecule has 22 heavy (non-hydrogen) atoms. The molecule has 1 aromatic heterocycles. The molecule has 0 saturated heterocycles. The van der Waals surface area contributed by atoms with Crippen LogP contribution in [0.5, 0.6) is 0 Å². The lowest BCUT2D eigenvalue weighted by atomic mass is 10.1. The maximum atomic E-state index is 12.3. The van der Waals surface area contributed by atoms with E-state index in [0.717, 1.165) is 12.0 Å². The predicted octanol–water partition coefficient (Wildman–Crippen LogP) is 1.91. The van der Waals surface area contributed by atoms with Crippen molar-refractivity contribution in [1.29, 1.82) is 0 Å². The summed E-state index contributed by atoms with van der Waals surface area (Å²) in [5, 5.41) is 7.35. The van der Waals surface area contributed by atoms with Gasteiger partial charge < -0.3 is 11.1 Å². The largest absolute Gasteiger partial charge is 0.364 e. The van der Waals surface area contributed by atoms with Gasteiger partial charge in [-0.1, -0.05) is 23.7 Å². The Labute approximate surface area is 132 Å². The van der Waals surface area contributed by atoms with Crippen LogP contribution in [-0.2, 0) is 11.8 Å². The fourth-order valence-electron chi connectivity index (χ4n) is 2.61. The van der Waals surface area contributed by atoms with Gasteiger partial charge >= 0.3 is 0 Å². The maximum absolute atomic E-state index is 12.3. The molecular formula is C15H15ClN4O2. The minimum Gasteiger partial charge on any atom is -0.364 e. The molecular weight excluding hydrogens is 304 g/mol. The van der Waals surface area contributed by atoms with E-state index >= 15 is 0 Å². The van der Waals surface area contributed by atoms with Crippen LogP contribution in [0.2, 0.25) is 5.02 Å². The number of hydrogen-bond acceptors (Lipinski definition) is 3. The Morgan fingerprint density at radius 3 is 2.68 bits per heavy atom. The van der Waals surface area contributed by atoms with Crippen LogP contribution in [0.4, 0.5) is 5.69 Å². The van der Waals surface area contributed by atoms with Gasteiger partial charge in [-0.05, 0) is 30.0 Å². The number of hydrogen-bond donors (Lipinski definition) is 2. The van der Waals surface area contributed by atoms with Crippen LogP contribution in [0.3, 0.4) is 0 Å². The van der Waals surface area contributed by atoms with E-state index in [4.69, 9.17) is 17.3 Å². The summed E-state index contributed by atoms with van der Waals surface area (Å²) in [5.74, 6) is -0.677. The van der Waals surface area contributed by atoms with Crippen LogP contribution < -0.4 is 11.1 Å². The molecule has 2 amide bonds. The van der Waals surface area contributed by atoms with Gasteiger partial charge in [-0.3, -0.25) is 14.3 Å². The number of carbonyl (C=O) groups is 2. The molecule has 0 spiro atoms. The maximum Gasteiger partial charge on any atom is 0.269 e. The summed E-state index contributed by atoms with van der Waals surface area (Å²) in [6.45, 7) is 0. The Morgan fingerprint density at radius 2 is 2.05 bits per heavy atom. The van der Waals surface area contributed by atoms with E-state index in [1.165, 1.54) is 10.9 Å². The van der Waals surface area contributed by atoms with Crippen molar-refractivity contribution in [2.45, 2.75) is 12.3 Å². The fourth-order valence-corrected chi connectivity index (χ4v) is 2.74. The summed E-state index contributed by atoms with van der Waals surface area (Å²) in [5.41, 5.74) is 6.93. The topological polar surface area (TPSA) is 90.0 Å². The summed E-state index contributed by atoms with van der Waals surface area (Å²) in [6, 6.07) is 7.49. The summed E-state index contributed by atoms with van der Waals surface area (Å²) in [4.78, 5) is 23.7. The van der Waals surface area contributed by atoms with Crippen molar-refractivity contribution in [1.82, 2.24) is 9.78 Å². The van der Waals surface area contributed by atoms with E-state index in [1.54, 1.807) is 7.05 Å². The number of carbonyl (C=O) groups excluding carboxylic acids is 2. The van der Waals surface area contributed by atoms with E-state index in [-0.39, 0.29) is 23.4 Å². The summed E-state index contributed by atoms with van der Waals surface area (Å²) in [6.07, 6.45) is 2.21. The molecule has 7 heteroatoms. The predicted molar refractivity (Wildman–Crippen MR) is 82.7 cm³/mol. The second-order valence-corrected chi connectivity index (χ2v) is 5.82. The number of benzene rings is 1. The highest BCUT2D eigenvalue weighted by atomic mass is 35.5. The Morgan fingerprint density at radius 1 is 1.36 bits per heavy atom. The lowest BCUT2D eigenvalue weighted by Gasteiger charge is -2.05. The van der Waals surface area contributed by atoms with Crippen molar-refractivity contribution in [2.75, 3.05) is 5.32 Å². The SMILES string of the molecule is Cn1ncc(NC(=O)C2CC2c2ccc(Cl)cc2)c1C(N)=O. The van der Waals surface area contributed by atoms with Crippen LogP contribution in [0, 0.1) is 5.92 Å². The Balaban J connectivity index is 1.69. The number of rotatable bonds is 4. The first-order chi connectivity index (χ1) is 10.5. The van der Waals surface area contributed by atoms with Gasteiger partial charge in [0.1, 0.15) is 5.69 Å². The van der Waals surface area contributed by atoms with Gasteiger partial charge in [0, 0.05) is 18.0 Å². The summed E-state index contributed by atoms with van der Waals surface area (Å²) < 4.78 is 1.35. The number of aromatic nitrogens is 2. The normalized spacial score (nSPS) is 19.7. The summed E-state index contributed by atoms with van der Waals surface area (Å²) >= 11 is 5.86. The molecule has 2 aromatic rings. The number of primary amides is 1. The lowest BCUT2D eigenvalue weighted by Crippen LogP contribution is -2.21. The van der Waals surface area contributed by atoms with Gasteiger partial charge in [-0.25, -0.2) is 0 Å². The Hall–Kier alpha value is -2.34. The van der Waals surface area contributed by atoms with E-state index in [0.29, 0.717) is 10.7 Å². The van der Waals surface area contributed by atoms with Crippen LogP contribution in [0.1, 0.15) is 28.4 Å². The molecule has 1 heterocycles. The average molecular weight is 319 g/mol. The molecule has 1 aromatic carbocycles. The summed E-state index contributed by atoms with van der Waals surface area (Å²) in [7, 11) is 1.60. The molecule has 0 radical (unpaired) electrons. The first-order valence-electron chi connectivity index (χ1n) is 6.85. The monoisotopic (exact) mass is 318 g/mol. The number of anilines is 1. The van der Waals surface area contributed by atoms with Crippen molar-refractivity contribution in [3.63, 3.8) is 0 Å². The van der Waals surface area contributed by atoms with Gasteiger partial charge in [-0.15, -0.1) is 0 Å². The number of halogens is 1. The lowest BCUT2D eigenvalue weighted by molar-refractivity contribution is -0.117. The Bertz CT molecular complexity index is 739. The van der Waals surface area contributed by atoms with Crippen molar-refractivity contribution in [3.8, 4) is 0 Å². The number of aryl methyl sites for hydroxylation is 1.